The van der Waals surface area contributed by atoms with Crippen LogP contribution in [0, 0.1) is 17.0 Å². The van der Waals surface area contributed by atoms with Crippen LogP contribution in [-0.4, -0.2) is 28.3 Å². The third kappa shape index (κ3) is 4.40. The van der Waals surface area contributed by atoms with Crippen LogP contribution in [0.3, 0.4) is 0 Å². The standard InChI is InChI=1S/C17H15N3O3S2/c1-11-2-5-13(6-3-11)25-15-7-4-12(10-14(15)20(22)23)16(21)19-17-18-8-9-24-17/h2-7,10H,8-9H2,1H3,(H,18,19,21). The first-order valence-corrected chi connectivity index (χ1v) is 9.35. The van der Waals surface area contributed by atoms with Gasteiger partial charge in [-0.2, -0.15) is 0 Å². The summed E-state index contributed by atoms with van der Waals surface area (Å²) >= 11 is 2.77. The van der Waals surface area contributed by atoms with E-state index in [0.29, 0.717) is 16.6 Å². The van der Waals surface area contributed by atoms with E-state index in [2.05, 4.69) is 10.3 Å². The van der Waals surface area contributed by atoms with Gasteiger partial charge >= 0.3 is 0 Å². The highest BCUT2D eigenvalue weighted by Crippen LogP contribution is 2.35. The topological polar surface area (TPSA) is 84.6 Å². The third-order valence-electron chi connectivity index (χ3n) is 3.47. The van der Waals surface area contributed by atoms with Crippen LogP contribution in [0.15, 0.2) is 57.2 Å². The van der Waals surface area contributed by atoms with Crippen LogP contribution in [0.2, 0.25) is 0 Å². The number of amidine groups is 1. The van der Waals surface area contributed by atoms with Crippen molar-refractivity contribution in [2.24, 2.45) is 4.99 Å². The van der Waals surface area contributed by atoms with Crippen molar-refractivity contribution in [3.05, 3.63) is 63.7 Å². The fraction of sp³-hybridized carbons (Fsp3) is 0.176. The SMILES string of the molecule is Cc1ccc(Sc2ccc(C(=O)NC3=NCCS3)cc2[N+](=O)[O-])cc1. The van der Waals surface area contributed by atoms with Gasteiger partial charge in [0.25, 0.3) is 11.6 Å². The highest BCUT2D eigenvalue weighted by Gasteiger charge is 2.20. The third-order valence-corrected chi connectivity index (χ3v) is 5.44. The number of nitro benzene ring substituents is 1. The van der Waals surface area contributed by atoms with Crippen LogP contribution < -0.4 is 5.32 Å². The second-order valence-electron chi connectivity index (χ2n) is 5.34. The van der Waals surface area contributed by atoms with Gasteiger partial charge in [-0.15, -0.1) is 0 Å². The van der Waals surface area contributed by atoms with Gasteiger partial charge in [-0.1, -0.05) is 41.2 Å². The van der Waals surface area contributed by atoms with E-state index in [9.17, 15) is 14.9 Å². The van der Waals surface area contributed by atoms with Crippen molar-refractivity contribution in [3.8, 4) is 0 Å². The Morgan fingerprint density at radius 1 is 1.28 bits per heavy atom. The minimum atomic E-state index is -0.463. The van der Waals surface area contributed by atoms with Crippen LogP contribution in [0.25, 0.3) is 0 Å². The molecule has 6 nitrogen and oxygen atoms in total. The van der Waals surface area contributed by atoms with Crippen LogP contribution in [-0.2, 0) is 0 Å². The molecule has 0 aliphatic carbocycles. The molecule has 1 aliphatic heterocycles. The molecule has 1 N–H and O–H groups in total. The normalized spacial score (nSPS) is 13.4. The summed E-state index contributed by atoms with van der Waals surface area (Å²) < 4.78 is 0. The zero-order valence-corrected chi connectivity index (χ0v) is 15.0. The largest absolute Gasteiger partial charge is 0.301 e. The van der Waals surface area contributed by atoms with Crippen LogP contribution in [0.4, 0.5) is 5.69 Å². The van der Waals surface area contributed by atoms with Crippen molar-refractivity contribution in [2.45, 2.75) is 16.7 Å². The van der Waals surface area contributed by atoms with E-state index >= 15 is 0 Å². The molecule has 2 aromatic rings. The summed E-state index contributed by atoms with van der Waals surface area (Å²) in [4.78, 5) is 28.8. The van der Waals surface area contributed by atoms with Crippen molar-refractivity contribution in [1.82, 2.24) is 5.32 Å². The Morgan fingerprint density at radius 3 is 2.68 bits per heavy atom. The first kappa shape index (κ1) is 17.5. The number of rotatable bonds is 4. The van der Waals surface area contributed by atoms with E-state index in [1.54, 1.807) is 12.1 Å². The summed E-state index contributed by atoms with van der Waals surface area (Å²) in [6.45, 7) is 2.66. The minimum absolute atomic E-state index is 0.0840. The quantitative estimate of drug-likeness (QED) is 0.649. The highest BCUT2D eigenvalue weighted by molar-refractivity contribution is 8.14. The van der Waals surface area contributed by atoms with Gasteiger partial charge in [-0.25, -0.2) is 0 Å². The van der Waals surface area contributed by atoms with Crippen molar-refractivity contribution < 1.29 is 9.72 Å². The van der Waals surface area contributed by atoms with E-state index in [1.807, 2.05) is 31.2 Å². The molecule has 0 aromatic heterocycles. The Kier molecular flexibility index (Phi) is 5.40. The molecule has 8 heteroatoms. The summed E-state index contributed by atoms with van der Waals surface area (Å²) in [5.41, 5.74) is 1.29. The van der Waals surface area contributed by atoms with E-state index in [0.717, 1.165) is 16.2 Å². The first-order valence-electron chi connectivity index (χ1n) is 7.54. The maximum atomic E-state index is 12.2. The number of carbonyl (C=O) groups is 1. The molecule has 0 bridgehead atoms. The zero-order valence-electron chi connectivity index (χ0n) is 13.4. The fourth-order valence-corrected chi connectivity index (χ4v) is 3.82. The molecule has 0 spiro atoms. The molecule has 2 aromatic carbocycles. The number of nitrogens with zero attached hydrogens (tertiary/aromatic N) is 2. The molecule has 1 aliphatic rings. The second-order valence-corrected chi connectivity index (χ2v) is 7.54. The van der Waals surface area contributed by atoms with Crippen LogP contribution in [0.1, 0.15) is 15.9 Å². The highest BCUT2D eigenvalue weighted by atomic mass is 32.2. The summed E-state index contributed by atoms with van der Waals surface area (Å²) in [6.07, 6.45) is 0. The Labute approximate surface area is 153 Å². The van der Waals surface area contributed by atoms with Crippen molar-refractivity contribution >= 4 is 40.3 Å². The number of carbonyl (C=O) groups excluding carboxylic acids is 1. The van der Waals surface area contributed by atoms with E-state index < -0.39 is 4.92 Å². The maximum Gasteiger partial charge on any atom is 0.284 e. The lowest BCUT2D eigenvalue weighted by atomic mass is 10.2. The lowest BCUT2D eigenvalue weighted by molar-refractivity contribution is -0.387. The molecule has 1 amide bonds. The average molecular weight is 373 g/mol. The van der Waals surface area contributed by atoms with Gasteiger partial charge in [-0.05, 0) is 31.2 Å². The van der Waals surface area contributed by atoms with Crippen LogP contribution >= 0.6 is 23.5 Å². The van der Waals surface area contributed by atoms with E-state index in [4.69, 9.17) is 0 Å². The Balaban J connectivity index is 1.83. The number of aliphatic imine (C=N–C) groups is 1. The summed E-state index contributed by atoms with van der Waals surface area (Å²) in [5, 5.41) is 14.7. The molecular weight excluding hydrogens is 358 g/mol. The van der Waals surface area contributed by atoms with Gasteiger partial charge in [0.05, 0.1) is 16.4 Å². The smallest absolute Gasteiger partial charge is 0.284 e. The van der Waals surface area contributed by atoms with Gasteiger partial charge in [0.15, 0.2) is 5.17 Å². The van der Waals surface area contributed by atoms with Crippen molar-refractivity contribution in [3.63, 3.8) is 0 Å². The predicted octanol–water partition coefficient (Wildman–Crippen LogP) is 3.89. The van der Waals surface area contributed by atoms with Crippen LogP contribution in [0.5, 0.6) is 0 Å². The average Bonchev–Trinajstić information content (AvgIpc) is 3.10. The molecule has 0 unspecified atom stereocenters. The minimum Gasteiger partial charge on any atom is -0.301 e. The summed E-state index contributed by atoms with van der Waals surface area (Å²) in [5.74, 6) is 0.449. The summed E-state index contributed by atoms with van der Waals surface area (Å²) in [7, 11) is 0. The fourth-order valence-electron chi connectivity index (χ4n) is 2.20. The molecule has 0 saturated heterocycles. The Hall–Kier alpha value is -2.32. The monoisotopic (exact) mass is 373 g/mol. The molecule has 25 heavy (non-hydrogen) atoms. The molecule has 0 saturated carbocycles. The predicted molar refractivity (Wildman–Crippen MR) is 101 cm³/mol. The number of hydrogen-bond donors (Lipinski definition) is 1. The number of nitro groups is 1. The van der Waals surface area contributed by atoms with E-state index in [1.165, 1.54) is 29.6 Å². The number of hydrogen-bond acceptors (Lipinski definition) is 6. The zero-order chi connectivity index (χ0) is 17.8. The Bertz CT molecular complexity index is 851. The van der Waals surface area contributed by atoms with Gasteiger partial charge in [-0.3, -0.25) is 19.9 Å². The number of aryl methyl sites for hydroxylation is 1. The number of nitrogens with one attached hydrogen (secondary N) is 1. The van der Waals surface area contributed by atoms with Gasteiger partial charge < -0.3 is 5.32 Å². The van der Waals surface area contributed by atoms with Crippen molar-refractivity contribution in [2.75, 3.05) is 12.3 Å². The second kappa shape index (κ2) is 7.71. The number of benzene rings is 2. The number of amides is 1. The maximum absolute atomic E-state index is 12.2. The molecule has 128 valence electrons. The molecule has 3 rings (SSSR count). The van der Waals surface area contributed by atoms with Gasteiger partial charge in [0.2, 0.25) is 0 Å². The van der Waals surface area contributed by atoms with E-state index in [-0.39, 0.29) is 17.2 Å². The molecule has 1 heterocycles. The molecule has 0 fully saturated rings. The molecule has 0 atom stereocenters. The number of thioether (sulfide) groups is 1. The lowest BCUT2D eigenvalue weighted by Gasteiger charge is -2.07. The van der Waals surface area contributed by atoms with Crippen molar-refractivity contribution in [1.29, 1.82) is 0 Å². The Morgan fingerprint density at radius 2 is 2.04 bits per heavy atom. The molecular formula is C17H15N3O3S2. The molecule has 0 radical (unpaired) electrons. The van der Waals surface area contributed by atoms with Gasteiger partial charge in [0.1, 0.15) is 0 Å². The lowest BCUT2D eigenvalue weighted by Crippen LogP contribution is -2.27. The first-order chi connectivity index (χ1) is 12.0. The van der Waals surface area contributed by atoms with Gasteiger partial charge in [0, 0.05) is 22.3 Å². The summed E-state index contributed by atoms with van der Waals surface area (Å²) in [6, 6.07) is 12.3.